The molecule has 6 nitrogen and oxygen atoms in total. The van der Waals surface area contributed by atoms with Gasteiger partial charge in [0.25, 0.3) is 0 Å². The fourth-order valence-corrected chi connectivity index (χ4v) is 4.74. The predicted molar refractivity (Wildman–Crippen MR) is 116 cm³/mol. The summed E-state index contributed by atoms with van der Waals surface area (Å²) in [7, 11) is 0. The number of carbonyl (C=O) groups is 1. The number of aromatic nitrogens is 2. The molecule has 3 heterocycles. The number of nitrogens with zero attached hydrogens (tertiary/aromatic N) is 2. The van der Waals surface area contributed by atoms with Gasteiger partial charge in [-0.2, -0.15) is 0 Å². The number of aryl methyl sites for hydroxylation is 2. The van der Waals surface area contributed by atoms with E-state index in [1.54, 1.807) is 11.3 Å². The highest BCUT2D eigenvalue weighted by atomic mass is 32.1. The molecule has 0 bridgehead atoms. The third-order valence-corrected chi connectivity index (χ3v) is 6.69. The van der Waals surface area contributed by atoms with Crippen molar-refractivity contribution in [2.24, 2.45) is 5.41 Å². The molecule has 1 saturated heterocycles. The third kappa shape index (κ3) is 4.63. The lowest BCUT2D eigenvalue weighted by Crippen LogP contribution is -2.46. The van der Waals surface area contributed by atoms with E-state index < -0.39 is 5.41 Å². The number of thiazole rings is 1. The Morgan fingerprint density at radius 3 is 2.77 bits per heavy atom. The molecule has 1 aromatic carbocycles. The number of hydrogen-bond donors (Lipinski definition) is 1. The van der Waals surface area contributed by atoms with Gasteiger partial charge in [0.15, 0.2) is 0 Å². The van der Waals surface area contributed by atoms with E-state index in [9.17, 15) is 4.79 Å². The highest BCUT2D eigenvalue weighted by Crippen LogP contribution is 2.36. The van der Waals surface area contributed by atoms with Crippen LogP contribution in [0.4, 0.5) is 0 Å². The Kier molecular flexibility index (Phi) is 6.29. The lowest BCUT2D eigenvalue weighted by molar-refractivity contribution is -0.137. The standard InChI is InChI=1S/C23H27N3O3S/c1-16-5-3-4-6-19(16)20-13-18(29-26-20)14-23(8-11-28-12-9-23)22(27)24-10-7-21-25-15-17(2)30-21/h3-6,13,15H,7-12,14H2,1-2H3,(H,24,27). The van der Waals surface area contributed by atoms with Crippen LogP contribution in [0.25, 0.3) is 11.3 Å². The van der Waals surface area contributed by atoms with Crippen molar-refractivity contribution in [2.45, 2.75) is 39.5 Å². The quantitative estimate of drug-likeness (QED) is 0.616. The van der Waals surface area contributed by atoms with Crippen molar-refractivity contribution in [3.05, 3.63) is 57.7 Å². The zero-order chi connectivity index (χ0) is 21.0. The van der Waals surface area contributed by atoms with Gasteiger partial charge < -0.3 is 14.6 Å². The van der Waals surface area contributed by atoms with Gasteiger partial charge in [-0.05, 0) is 32.3 Å². The van der Waals surface area contributed by atoms with Gasteiger partial charge in [0, 0.05) is 55.3 Å². The molecule has 1 aliphatic heterocycles. The van der Waals surface area contributed by atoms with Crippen molar-refractivity contribution < 1.29 is 14.1 Å². The zero-order valence-electron chi connectivity index (χ0n) is 17.4. The maximum absolute atomic E-state index is 13.2. The van der Waals surface area contributed by atoms with E-state index in [0.29, 0.717) is 39.0 Å². The molecule has 1 N–H and O–H groups in total. The number of carbonyl (C=O) groups excluding carboxylic acids is 1. The Morgan fingerprint density at radius 1 is 1.23 bits per heavy atom. The molecule has 30 heavy (non-hydrogen) atoms. The van der Waals surface area contributed by atoms with Crippen molar-refractivity contribution in [3.8, 4) is 11.3 Å². The normalized spacial score (nSPS) is 15.8. The summed E-state index contributed by atoms with van der Waals surface area (Å²) in [6.07, 6.45) is 4.50. The van der Waals surface area contributed by atoms with E-state index >= 15 is 0 Å². The minimum atomic E-state index is -0.528. The van der Waals surface area contributed by atoms with E-state index in [1.165, 1.54) is 4.88 Å². The molecule has 0 atom stereocenters. The van der Waals surface area contributed by atoms with Gasteiger partial charge in [0.2, 0.25) is 5.91 Å². The second-order valence-electron chi connectivity index (χ2n) is 7.93. The maximum Gasteiger partial charge on any atom is 0.226 e. The summed E-state index contributed by atoms with van der Waals surface area (Å²) in [4.78, 5) is 18.8. The first-order valence-electron chi connectivity index (χ1n) is 10.3. The van der Waals surface area contributed by atoms with Crippen LogP contribution in [0.2, 0.25) is 0 Å². The molecule has 7 heteroatoms. The van der Waals surface area contributed by atoms with E-state index in [-0.39, 0.29) is 5.91 Å². The molecule has 1 fully saturated rings. The van der Waals surface area contributed by atoms with Crippen LogP contribution in [0.1, 0.15) is 34.1 Å². The number of nitrogens with one attached hydrogen (secondary N) is 1. The lowest BCUT2D eigenvalue weighted by atomic mass is 9.75. The summed E-state index contributed by atoms with van der Waals surface area (Å²) in [5.74, 6) is 0.800. The smallest absolute Gasteiger partial charge is 0.226 e. The molecule has 0 radical (unpaired) electrons. The fraction of sp³-hybridized carbons (Fsp3) is 0.435. The molecule has 0 spiro atoms. The Morgan fingerprint density at radius 2 is 2.03 bits per heavy atom. The van der Waals surface area contributed by atoms with Crippen molar-refractivity contribution in [2.75, 3.05) is 19.8 Å². The molecule has 158 valence electrons. The summed E-state index contributed by atoms with van der Waals surface area (Å²) in [6.45, 7) is 5.84. The minimum absolute atomic E-state index is 0.0629. The van der Waals surface area contributed by atoms with Crippen LogP contribution in [0.15, 0.2) is 41.1 Å². The van der Waals surface area contributed by atoms with Crippen LogP contribution in [0.3, 0.4) is 0 Å². The Labute approximate surface area is 180 Å². The maximum atomic E-state index is 13.2. The van der Waals surface area contributed by atoms with E-state index in [4.69, 9.17) is 9.26 Å². The highest BCUT2D eigenvalue weighted by Gasteiger charge is 2.41. The average Bonchev–Trinajstić information content (AvgIpc) is 3.38. The molecule has 1 amide bonds. The van der Waals surface area contributed by atoms with Gasteiger partial charge in [-0.15, -0.1) is 11.3 Å². The lowest BCUT2D eigenvalue weighted by Gasteiger charge is -2.35. The second kappa shape index (κ2) is 9.10. The number of amides is 1. The molecule has 0 unspecified atom stereocenters. The summed E-state index contributed by atoms with van der Waals surface area (Å²) in [5, 5.41) is 8.44. The number of ether oxygens (including phenoxy) is 1. The van der Waals surface area contributed by atoms with Gasteiger partial charge in [-0.25, -0.2) is 4.98 Å². The Hall–Kier alpha value is -2.51. The monoisotopic (exact) mass is 425 g/mol. The third-order valence-electron chi connectivity index (χ3n) is 5.72. The largest absolute Gasteiger partial charge is 0.381 e. The summed E-state index contributed by atoms with van der Waals surface area (Å²) < 4.78 is 11.2. The first kappa shape index (κ1) is 20.8. The summed E-state index contributed by atoms with van der Waals surface area (Å²) in [6, 6.07) is 10.1. The Balaban J connectivity index is 1.45. The number of hydrogen-bond acceptors (Lipinski definition) is 6. The van der Waals surface area contributed by atoms with Gasteiger partial charge >= 0.3 is 0 Å². The predicted octanol–water partition coefficient (Wildman–Crippen LogP) is 4.11. The van der Waals surface area contributed by atoms with E-state index in [0.717, 1.165) is 34.0 Å². The van der Waals surface area contributed by atoms with Crippen LogP contribution < -0.4 is 5.32 Å². The van der Waals surface area contributed by atoms with Crippen LogP contribution in [0, 0.1) is 19.3 Å². The number of rotatable bonds is 7. The summed E-state index contributed by atoms with van der Waals surface area (Å²) >= 11 is 1.67. The fourth-order valence-electron chi connectivity index (χ4n) is 3.95. The van der Waals surface area contributed by atoms with Crippen LogP contribution in [-0.2, 0) is 22.4 Å². The second-order valence-corrected chi connectivity index (χ2v) is 9.25. The molecule has 0 saturated carbocycles. The van der Waals surface area contributed by atoms with Crippen molar-refractivity contribution in [3.63, 3.8) is 0 Å². The molecule has 1 aliphatic rings. The van der Waals surface area contributed by atoms with Crippen LogP contribution in [0.5, 0.6) is 0 Å². The minimum Gasteiger partial charge on any atom is -0.381 e. The van der Waals surface area contributed by atoms with Gasteiger partial charge in [0.1, 0.15) is 11.5 Å². The zero-order valence-corrected chi connectivity index (χ0v) is 18.3. The van der Waals surface area contributed by atoms with Crippen molar-refractivity contribution in [1.82, 2.24) is 15.5 Å². The van der Waals surface area contributed by atoms with Gasteiger partial charge in [0.05, 0.1) is 10.4 Å². The highest BCUT2D eigenvalue weighted by molar-refractivity contribution is 7.11. The average molecular weight is 426 g/mol. The molecule has 2 aromatic heterocycles. The first-order valence-corrected chi connectivity index (χ1v) is 11.2. The van der Waals surface area contributed by atoms with Gasteiger partial charge in [-0.3, -0.25) is 4.79 Å². The van der Waals surface area contributed by atoms with Crippen molar-refractivity contribution in [1.29, 1.82) is 0 Å². The molecule has 4 rings (SSSR count). The molecule has 3 aromatic rings. The van der Waals surface area contributed by atoms with Crippen LogP contribution >= 0.6 is 11.3 Å². The van der Waals surface area contributed by atoms with E-state index in [2.05, 4.69) is 28.4 Å². The van der Waals surface area contributed by atoms with Crippen LogP contribution in [-0.4, -0.2) is 35.8 Å². The Bertz CT molecular complexity index is 1000. The molecule has 0 aliphatic carbocycles. The molecular formula is C23H27N3O3S. The van der Waals surface area contributed by atoms with E-state index in [1.807, 2.05) is 37.4 Å². The SMILES string of the molecule is Cc1cnc(CCNC(=O)C2(Cc3cc(-c4ccccc4C)no3)CCOCC2)s1. The topological polar surface area (TPSA) is 77.3 Å². The molecular weight excluding hydrogens is 398 g/mol. The number of benzene rings is 1. The summed E-state index contributed by atoms with van der Waals surface area (Å²) in [5.41, 5.74) is 2.48. The van der Waals surface area contributed by atoms with Gasteiger partial charge in [-0.1, -0.05) is 29.4 Å². The van der Waals surface area contributed by atoms with Crippen molar-refractivity contribution >= 4 is 17.2 Å². The first-order chi connectivity index (χ1) is 14.6.